The molecule has 1 aliphatic rings. The summed E-state index contributed by atoms with van der Waals surface area (Å²) in [5.74, 6) is 0.760. The summed E-state index contributed by atoms with van der Waals surface area (Å²) >= 11 is 0. The minimum atomic E-state index is 0.632. The first-order valence-electron chi connectivity index (χ1n) is 6.84. The van der Waals surface area contributed by atoms with Gasteiger partial charge < -0.3 is 15.5 Å². The lowest BCUT2D eigenvalue weighted by Crippen LogP contribution is -2.47. The molecular formula is C15H16N6. The number of benzene rings is 1. The highest BCUT2D eigenvalue weighted by atomic mass is 15.3. The summed E-state index contributed by atoms with van der Waals surface area (Å²) in [5, 5.41) is 9.01. The van der Waals surface area contributed by atoms with Gasteiger partial charge in [0.2, 0.25) is 5.95 Å². The zero-order valence-corrected chi connectivity index (χ0v) is 11.6. The Morgan fingerprint density at radius 3 is 2.38 bits per heavy atom. The van der Waals surface area contributed by atoms with Gasteiger partial charge in [0.25, 0.3) is 0 Å². The van der Waals surface area contributed by atoms with Gasteiger partial charge in [0.15, 0.2) is 0 Å². The highest BCUT2D eigenvalue weighted by Gasteiger charge is 2.20. The fourth-order valence-corrected chi connectivity index (χ4v) is 2.49. The van der Waals surface area contributed by atoms with Crippen LogP contribution in [0.2, 0.25) is 0 Å². The van der Waals surface area contributed by atoms with Gasteiger partial charge in [-0.15, -0.1) is 0 Å². The van der Waals surface area contributed by atoms with E-state index >= 15 is 0 Å². The first kappa shape index (κ1) is 13.2. The second-order valence-electron chi connectivity index (χ2n) is 4.91. The topological polar surface area (TPSA) is 82.1 Å². The van der Waals surface area contributed by atoms with E-state index in [9.17, 15) is 0 Å². The summed E-state index contributed by atoms with van der Waals surface area (Å²) in [4.78, 5) is 12.9. The van der Waals surface area contributed by atoms with E-state index in [1.54, 1.807) is 24.5 Å². The van der Waals surface area contributed by atoms with E-state index in [1.165, 1.54) is 0 Å². The van der Waals surface area contributed by atoms with Crippen molar-refractivity contribution in [1.29, 1.82) is 5.26 Å². The molecule has 6 nitrogen and oxygen atoms in total. The van der Waals surface area contributed by atoms with Crippen LogP contribution in [0.3, 0.4) is 0 Å². The molecule has 1 aliphatic heterocycles. The summed E-state index contributed by atoms with van der Waals surface area (Å²) in [6, 6.07) is 9.36. The van der Waals surface area contributed by atoms with Crippen molar-refractivity contribution in [3.63, 3.8) is 0 Å². The molecule has 2 aromatic rings. The number of nitrogen functional groups attached to an aromatic ring is 1. The van der Waals surface area contributed by atoms with Crippen LogP contribution >= 0.6 is 0 Å². The lowest BCUT2D eigenvalue weighted by Gasteiger charge is -2.36. The van der Waals surface area contributed by atoms with Gasteiger partial charge in [0.05, 0.1) is 23.0 Å². The molecule has 0 atom stereocenters. The summed E-state index contributed by atoms with van der Waals surface area (Å²) in [7, 11) is 0. The van der Waals surface area contributed by atoms with Crippen LogP contribution < -0.4 is 15.5 Å². The predicted octanol–water partition coefficient (Wildman–Crippen LogP) is 1.26. The van der Waals surface area contributed by atoms with Crippen molar-refractivity contribution in [1.82, 2.24) is 9.97 Å². The summed E-state index contributed by atoms with van der Waals surface area (Å²) in [6.45, 7) is 3.33. The summed E-state index contributed by atoms with van der Waals surface area (Å²) in [5.41, 5.74) is 8.30. The third-order valence-electron chi connectivity index (χ3n) is 3.61. The maximum absolute atomic E-state index is 9.01. The standard InChI is InChI=1S/C15H16N6/c16-11-12-2-3-13(17)14(10-12)20-6-8-21(9-7-20)15-18-4-1-5-19-15/h1-5,10H,6-9,17H2. The molecule has 0 spiro atoms. The van der Waals surface area contributed by atoms with Gasteiger partial charge >= 0.3 is 0 Å². The van der Waals surface area contributed by atoms with Crippen LogP contribution in [0.4, 0.5) is 17.3 Å². The van der Waals surface area contributed by atoms with Gasteiger partial charge in [-0.1, -0.05) is 0 Å². The van der Waals surface area contributed by atoms with Crippen molar-refractivity contribution in [2.45, 2.75) is 0 Å². The van der Waals surface area contributed by atoms with Crippen LogP contribution in [0.1, 0.15) is 5.56 Å². The number of anilines is 3. The highest BCUT2D eigenvalue weighted by Crippen LogP contribution is 2.26. The fraction of sp³-hybridized carbons (Fsp3) is 0.267. The Balaban J connectivity index is 1.73. The second-order valence-corrected chi connectivity index (χ2v) is 4.91. The molecule has 0 radical (unpaired) electrons. The van der Waals surface area contributed by atoms with Gasteiger partial charge in [0, 0.05) is 38.6 Å². The molecule has 0 unspecified atom stereocenters. The highest BCUT2D eigenvalue weighted by molar-refractivity contribution is 5.70. The Kier molecular flexibility index (Phi) is 3.56. The SMILES string of the molecule is N#Cc1ccc(N)c(N2CCN(c3ncccn3)CC2)c1. The van der Waals surface area contributed by atoms with Crippen molar-refractivity contribution >= 4 is 17.3 Å². The summed E-state index contributed by atoms with van der Waals surface area (Å²) in [6.07, 6.45) is 3.51. The van der Waals surface area contributed by atoms with Gasteiger partial charge in [-0.25, -0.2) is 9.97 Å². The molecule has 2 heterocycles. The normalized spacial score (nSPS) is 14.8. The Morgan fingerprint density at radius 1 is 1.05 bits per heavy atom. The molecule has 0 aliphatic carbocycles. The van der Waals surface area contributed by atoms with Crippen molar-refractivity contribution in [3.8, 4) is 6.07 Å². The van der Waals surface area contributed by atoms with Gasteiger partial charge in [-0.3, -0.25) is 0 Å². The number of aromatic nitrogens is 2. The van der Waals surface area contributed by atoms with E-state index in [4.69, 9.17) is 11.0 Å². The predicted molar refractivity (Wildman–Crippen MR) is 82.0 cm³/mol. The van der Waals surface area contributed by atoms with Gasteiger partial charge in [-0.2, -0.15) is 5.26 Å². The zero-order chi connectivity index (χ0) is 14.7. The van der Waals surface area contributed by atoms with Gasteiger partial charge in [0.1, 0.15) is 0 Å². The van der Waals surface area contributed by atoms with E-state index in [0.717, 1.165) is 37.8 Å². The van der Waals surface area contributed by atoms with E-state index in [-0.39, 0.29) is 0 Å². The minimum absolute atomic E-state index is 0.632. The first-order valence-corrected chi connectivity index (χ1v) is 6.84. The lowest BCUT2D eigenvalue weighted by atomic mass is 10.1. The van der Waals surface area contributed by atoms with Crippen LogP contribution in [0.25, 0.3) is 0 Å². The summed E-state index contributed by atoms with van der Waals surface area (Å²) < 4.78 is 0. The largest absolute Gasteiger partial charge is 0.397 e. The molecule has 0 amide bonds. The number of hydrogen-bond acceptors (Lipinski definition) is 6. The number of nitrogens with two attached hydrogens (primary N) is 1. The molecule has 106 valence electrons. The van der Waals surface area contributed by atoms with Crippen molar-refractivity contribution < 1.29 is 0 Å². The van der Waals surface area contributed by atoms with E-state index < -0.39 is 0 Å². The smallest absolute Gasteiger partial charge is 0.225 e. The van der Waals surface area contributed by atoms with E-state index in [1.807, 2.05) is 12.1 Å². The maximum atomic E-state index is 9.01. The first-order chi connectivity index (χ1) is 10.3. The van der Waals surface area contributed by atoms with Crippen LogP contribution in [-0.4, -0.2) is 36.1 Å². The molecule has 1 fully saturated rings. The van der Waals surface area contributed by atoms with Crippen LogP contribution in [0, 0.1) is 11.3 Å². The Morgan fingerprint density at radius 2 is 1.71 bits per heavy atom. The maximum Gasteiger partial charge on any atom is 0.225 e. The van der Waals surface area contributed by atoms with Crippen molar-refractivity contribution in [2.24, 2.45) is 0 Å². The molecule has 0 bridgehead atoms. The Hall–Kier alpha value is -2.81. The molecule has 0 saturated carbocycles. The minimum Gasteiger partial charge on any atom is -0.397 e. The number of nitrogens with zero attached hydrogens (tertiary/aromatic N) is 5. The molecule has 21 heavy (non-hydrogen) atoms. The van der Waals surface area contributed by atoms with Crippen LogP contribution in [0.15, 0.2) is 36.7 Å². The number of rotatable bonds is 2. The van der Waals surface area contributed by atoms with Crippen LogP contribution in [0.5, 0.6) is 0 Å². The number of piperazine rings is 1. The molecule has 6 heteroatoms. The average Bonchev–Trinajstić information content (AvgIpc) is 2.56. The third kappa shape index (κ3) is 2.72. The molecule has 3 rings (SSSR count). The monoisotopic (exact) mass is 280 g/mol. The number of hydrogen-bond donors (Lipinski definition) is 1. The quantitative estimate of drug-likeness (QED) is 0.834. The van der Waals surface area contributed by atoms with E-state index in [2.05, 4.69) is 25.8 Å². The van der Waals surface area contributed by atoms with Gasteiger partial charge in [-0.05, 0) is 24.3 Å². The van der Waals surface area contributed by atoms with E-state index in [0.29, 0.717) is 11.3 Å². The van der Waals surface area contributed by atoms with Crippen molar-refractivity contribution in [3.05, 3.63) is 42.2 Å². The molecule has 1 aromatic carbocycles. The number of nitriles is 1. The second kappa shape index (κ2) is 5.67. The Bertz CT molecular complexity index is 656. The third-order valence-corrected chi connectivity index (χ3v) is 3.61. The fourth-order valence-electron chi connectivity index (χ4n) is 2.49. The molecule has 2 N–H and O–H groups in total. The molecule has 1 aromatic heterocycles. The average molecular weight is 280 g/mol. The lowest BCUT2D eigenvalue weighted by molar-refractivity contribution is 0.640. The molecular weight excluding hydrogens is 264 g/mol. The zero-order valence-electron chi connectivity index (χ0n) is 11.6. The molecule has 1 saturated heterocycles. The van der Waals surface area contributed by atoms with Crippen molar-refractivity contribution in [2.75, 3.05) is 41.7 Å². The Labute approximate surface area is 123 Å². The van der Waals surface area contributed by atoms with Crippen LogP contribution in [-0.2, 0) is 0 Å².